The van der Waals surface area contributed by atoms with Gasteiger partial charge >= 0.3 is 0 Å². The highest BCUT2D eigenvalue weighted by atomic mass is 16.5. The average molecular weight is 412 g/mol. The normalized spacial score (nSPS) is 25.5. The number of aliphatic hydroxyl groups excluding tert-OH is 2. The minimum absolute atomic E-state index is 0.0578. The Morgan fingerprint density at radius 3 is 2.50 bits per heavy atom. The zero-order valence-corrected chi connectivity index (χ0v) is 17.1. The SMILES string of the molecule is COc1ccc(N(C)C)c2c1C(=O)C1=C(O)C3C(=O)C(C(N)=O)=C(O)CC3CC1C2. The zero-order valence-electron chi connectivity index (χ0n) is 17.1. The molecular formula is C22H24N2O6. The van der Waals surface area contributed by atoms with Gasteiger partial charge in [0.05, 0.1) is 18.6 Å². The van der Waals surface area contributed by atoms with Gasteiger partial charge in [0.1, 0.15) is 22.8 Å². The van der Waals surface area contributed by atoms with Gasteiger partial charge in [-0.05, 0) is 42.4 Å². The molecule has 3 unspecified atom stereocenters. The first-order valence-electron chi connectivity index (χ1n) is 9.78. The highest BCUT2D eigenvalue weighted by molar-refractivity contribution is 6.22. The lowest BCUT2D eigenvalue weighted by atomic mass is 9.62. The Morgan fingerprint density at radius 1 is 1.20 bits per heavy atom. The van der Waals surface area contributed by atoms with Crippen molar-refractivity contribution in [3.05, 3.63) is 45.9 Å². The van der Waals surface area contributed by atoms with Gasteiger partial charge in [0.15, 0.2) is 11.6 Å². The Bertz CT molecular complexity index is 1050. The van der Waals surface area contributed by atoms with Crippen LogP contribution in [0.3, 0.4) is 0 Å². The predicted octanol–water partition coefficient (Wildman–Crippen LogP) is 1.83. The van der Waals surface area contributed by atoms with Gasteiger partial charge in [0.25, 0.3) is 5.91 Å². The number of hydrogen-bond donors (Lipinski definition) is 3. The fourth-order valence-corrected chi connectivity index (χ4v) is 5.20. The van der Waals surface area contributed by atoms with Crippen LogP contribution in [0.1, 0.15) is 28.8 Å². The summed E-state index contributed by atoms with van der Waals surface area (Å²) in [6, 6.07) is 3.61. The van der Waals surface area contributed by atoms with Crippen molar-refractivity contribution in [3.63, 3.8) is 0 Å². The zero-order chi connectivity index (χ0) is 21.9. The first kappa shape index (κ1) is 20.0. The molecule has 3 atom stereocenters. The van der Waals surface area contributed by atoms with Crippen LogP contribution in [0.4, 0.5) is 5.69 Å². The largest absolute Gasteiger partial charge is 0.511 e. The molecule has 3 aliphatic rings. The van der Waals surface area contributed by atoms with E-state index >= 15 is 0 Å². The van der Waals surface area contributed by atoms with E-state index in [1.54, 1.807) is 6.07 Å². The number of hydrogen-bond acceptors (Lipinski definition) is 7. The fourth-order valence-electron chi connectivity index (χ4n) is 5.20. The third-order valence-electron chi connectivity index (χ3n) is 6.43. The van der Waals surface area contributed by atoms with E-state index in [1.807, 2.05) is 25.1 Å². The Kier molecular flexibility index (Phi) is 4.60. The number of ketones is 2. The molecule has 30 heavy (non-hydrogen) atoms. The highest BCUT2D eigenvalue weighted by Crippen LogP contribution is 2.50. The molecule has 0 radical (unpaired) electrons. The van der Waals surface area contributed by atoms with Crippen molar-refractivity contribution >= 4 is 23.2 Å². The lowest BCUT2D eigenvalue weighted by molar-refractivity contribution is -0.126. The Hall–Kier alpha value is -3.29. The number of amides is 1. The molecule has 0 aromatic heterocycles. The molecule has 0 fully saturated rings. The lowest BCUT2D eigenvalue weighted by Gasteiger charge is -2.41. The lowest BCUT2D eigenvalue weighted by Crippen LogP contribution is -2.43. The van der Waals surface area contributed by atoms with E-state index in [4.69, 9.17) is 10.5 Å². The number of benzene rings is 1. The third-order valence-corrected chi connectivity index (χ3v) is 6.43. The predicted molar refractivity (Wildman–Crippen MR) is 109 cm³/mol. The number of anilines is 1. The van der Waals surface area contributed by atoms with Gasteiger partial charge in [-0.25, -0.2) is 0 Å². The number of rotatable bonds is 3. The quantitative estimate of drug-likeness (QED) is 0.646. The molecule has 1 amide bonds. The number of nitrogens with two attached hydrogens (primary N) is 1. The molecule has 0 bridgehead atoms. The van der Waals surface area contributed by atoms with Crippen LogP contribution in [-0.2, 0) is 16.0 Å². The maximum absolute atomic E-state index is 13.5. The Labute approximate surface area is 173 Å². The van der Waals surface area contributed by atoms with E-state index in [9.17, 15) is 24.6 Å². The van der Waals surface area contributed by atoms with E-state index in [0.29, 0.717) is 24.2 Å². The second-order valence-corrected chi connectivity index (χ2v) is 8.29. The molecule has 0 heterocycles. The van der Waals surface area contributed by atoms with E-state index in [0.717, 1.165) is 11.3 Å². The van der Waals surface area contributed by atoms with Crippen molar-refractivity contribution in [2.45, 2.75) is 19.3 Å². The summed E-state index contributed by atoms with van der Waals surface area (Å²) in [6.45, 7) is 0. The van der Waals surface area contributed by atoms with Gasteiger partial charge in [0, 0.05) is 31.8 Å². The van der Waals surface area contributed by atoms with Crippen molar-refractivity contribution in [2.24, 2.45) is 23.5 Å². The summed E-state index contributed by atoms with van der Waals surface area (Å²) in [5.74, 6) is -4.14. The number of primary amides is 1. The Balaban J connectivity index is 1.88. The van der Waals surface area contributed by atoms with Crippen molar-refractivity contribution in [2.75, 3.05) is 26.1 Å². The van der Waals surface area contributed by atoms with Gasteiger partial charge in [0.2, 0.25) is 0 Å². The maximum Gasteiger partial charge on any atom is 0.255 e. The number of Topliss-reactive ketones (excluding diaryl/α,β-unsaturated/α-hetero) is 2. The summed E-state index contributed by atoms with van der Waals surface area (Å²) in [4.78, 5) is 39.9. The summed E-state index contributed by atoms with van der Waals surface area (Å²) < 4.78 is 5.41. The first-order chi connectivity index (χ1) is 14.2. The van der Waals surface area contributed by atoms with Crippen LogP contribution < -0.4 is 15.4 Å². The highest BCUT2D eigenvalue weighted by Gasteiger charge is 2.50. The second-order valence-electron chi connectivity index (χ2n) is 8.29. The fraction of sp³-hybridized carbons (Fsp3) is 0.409. The van der Waals surface area contributed by atoms with Crippen LogP contribution in [0.25, 0.3) is 0 Å². The average Bonchev–Trinajstić information content (AvgIpc) is 2.65. The summed E-state index contributed by atoms with van der Waals surface area (Å²) in [5, 5.41) is 21.2. The van der Waals surface area contributed by atoms with E-state index in [2.05, 4.69) is 0 Å². The summed E-state index contributed by atoms with van der Waals surface area (Å²) in [5.41, 5.74) is 7.07. The molecule has 0 saturated carbocycles. The molecule has 0 aliphatic heterocycles. The second kappa shape index (κ2) is 6.90. The third kappa shape index (κ3) is 2.70. The van der Waals surface area contributed by atoms with Gasteiger partial charge in [-0.3, -0.25) is 14.4 Å². The molecular weight excluding hydrogens is 388 g/mol. The van der Waals surface area contributed by atoms with Crippen LogP contribution in [-0.4, -0.2) is 48.9 Å². The van der Waals surface area contributed by atoms with Crippen LogP contribution in [0.15, 0.2) is 34.8 Å². The molecule has 4 N–H and O–H groups in total. The van der Waals surface area contributed by atoms with E-state index < -0.39 is 29.1 Å². The van der Waals surface area contributed by atoms with Crippen LogP contribution >= 0.6 is 0 Å². The van der Waals surface area contributed by atoms with Gasteiger partial charge in [-0.15, -0.1) is 0 Å². The van der Waals surface area contributed by atoms with Gasteiger partial charge in [-0.1, -0.05) is 0 Å². The molecule has 8 nitrogen and oxygen atoms in total. The van der Waals surface area contributed by atoms with Gasteiger partial charge in [-0.2, -0.15) is 0 Å². The number of carbonyl (C=O) groups is 3. The minimum Gasteiger partial charge on any atom is -0.511 e. The Morgan fingerprint density at radius 2 is 1.90 bits per heavy atom. The maximum atomic E-state index is 13.5. The summed E-state index contributed by atoms with van der Waals surface area (Å²) >= 11 is 0. The van der Waals surface area contributed by atoms with Crippen molar-refractivity contribution in [1.29, 1.82) is 0 Å². The molecule has 0 saturated heterocycles. The van der Waals surface area contributed by atoms with Crippen LogP contribution in [0.5, 0.6) is 5.75 Å². The number of fused-ring (bicyclic) bond motifs is 3. The topological polar surface area (TPSA) is 130 Å². The summed E-state index contributed by atoms with van der Waals surface area (Å²) in [7, 11) is 5.26. The minimum atomic E-state index is -1.05. The van der Waals surface area contributed by atoms with Crippen LogP contribution in [0.2, 0.25) is 0 Å². The number of allylic oxidation sites excluding steroid dienone is 3. The van der Waals surface area contributed by atoms with Gasteiger partial charge < -0.3 is 25.6 Å². The first-order valence-corrected chi connectivity index (χ1v) is 9.78. The molecule has 3 aliphatic carbocycles. The van der Waals surface area contributed by atoms with Crippen molar-refractivity contribution < 1.29 is 29.3 Å². The molecule has 158 valence electrons. The monoisotopic (exact) mass is 412 g/mol. The smallest absolute Gasteiger partial charge is 0.255 e. The standard InChI is InChI=1S/C22H24N2O6/c1-24(2)12-4-5-14(30-3)17-11(12)7-9-6-10-8-13(25)18(22(23)29)21(28)16(10)19(26)15(9)20(17)27/h4-5,9-10,16,25-26H,6-8H2,1-3H3,(H2,23,29). The molecule has 1 aromatic carbocycles. The molecule has 4 rings (SSSR count). The summed E-state index contributed by atoms with van der Waals surface area (Å²) in [6.07, 6.45) is 0.985. The number of ether oxygens (including phenoxy) is 1. The van der Waals surface area contributed by atoms with Crippen molar-refractivity contribution in [3.8, 4) is 5.75 Å². The van der Waals surface area contributed by atoms with Crippen molar-refractivity contribution in [1.82, 2.24) is 0 Å². The number of methoxy groups -OCH3 is 1. The number of aliphatic hydroxyl groups is 2. The van der Waals surface area contributed by atoms with E-state index in [1.165, 1.54) is 7.11 Å². The number of nitrogens with zero attached hydrogens (tertiary/aromatic N) is 1. The van der Waals surface area contributed by atoms with E-state index in [-0.39, 0.29) is 35.2 Å². The molecule has 8 heteroatoms. The number of carbonyl (C=O) groups excluding carboxylic acids is 3. The molecule has 1 aromatic rings. The molecule has 0 spiro atoms. The van der Waals surface area contributed by atoms with Crippen LogP contribution in [0, 0.1) is 17.8 Å².